The van der Waals surface area contributed by atoms with Crippen molar-refractivity contribution in [3.8, 4) is 0 Å². The van der Waals surface area contributed by atoms with Gasteiger partial charge in [0.2, 0.25) is 5.91 Å². The van der Waals surface area contributed by atoms with Crippen LogP contribution in [-0.4, -0.2) is 12.5 Å². The Morgan fingerprint density at radius 2 is 2.00 bits per heavy atom. The van der Waals surface area contributed by atoms with Gasteiger partial charge >= 0.3 is 0 Å². The Morgan fingerprint density at radius 3 is 2.36 bits per heavy atom. The zero-order valence-electron chi connectivity index (χ0n) is 9.89. The third-order valence-corrected chi connectivity index (χ3v) is 3.48. The van der Waals surface area contributed by atoms with Crippen LogP contribution in [0.1, 0.15) is 47.0 Å². The normalized spacial score (nSPS) is 20.0. The predicted octanol–water partition coefficient (Wildman–Crippen LogP) is 2.58. The molecule has 2 heteroatoms. The number of nitrogens with one attached hydrogen (secondary N) is 1. The van der Waals surface area contributed by atoms with Gasteiger partial charge in [0.15, 0.2) is 0 Å². The summed E-state index contributed by atoms with van der Waals surface area (Å²) in [6.07, 6.45) is 3.93. The second-order valence-corrected chi connectivity index (χ2v) is 5.63. The van der Waals surface area contributed by atoms with Gasteiger partial charge in [-0.1, -0.05) is 34.1 Å². The van der Waals surface area contributed by atoms with Gasteiger partial charge in [0.1, 0.15) is 0 Å². The lowest BCUT2D eigenvalue weighted by atomic mass is 9.81. The summed E-state index contributed by atoms with van der Waals surface area (Å²) in [5.41, 5.74) is 0.0731. The first-order chi connectivity index (χ1) is 6.41. The first kappa shape index (κ1) is 11.5. The van der Waals surface area contributed by atoms with Gasteiger partial charge in [0, 0.05) is 12.5 Å². The number of amides is 1. The third kappa shape index (κ3) is 3.00. The molecule has 1 fully saturated rings. The van der Waals surface area contributed by atoms with Crippen molar-refractivity contribution >= 4 is 5.91 Å². The van der Waals surface area contributed by atoms with Gasteiger partial charge in [0.25, 0.3) is 0 Å². The van der Waals surface area contributed by atoms with E-state index in [0.29, 0.717) is 0 Å². The smallest absolute Gasteiger partial charge is 0.223 e. The average molecular weight is 197 g/mol. The van der Waals surface area contributed by atoms with Crippen LogP contribution in [0.2, 0.25) is 0 Å². The van der Waals surface area contributed by atoms with Gasteiger partial charge in [-0.3, -0.25) is 4.79 Å². The summed E-state index contributed by atoms with van der Waals surface area (Å²) in [4.78, 5) is 11.7. The summed E-state index contributed by atoms with van der Waals surface area (Å²) < 4.78 is 0. The highest BCUT2D eigenvalue weighted by molar-refractivity contribution is 5.78. The minimum absolute atomic E-state index is 0.0731. The molecule has 82 valence electrons. The fourth-order valence-electron chi connectivity index (χ4n) is 1.49. The maximum atomic E-state index is 11.7. The van der Waals surface area contributed by atoms with Gasteiger partial charge < -0.3 is 5.32 Å². The quantitative estimate of drug-likeness (QED) is 0.740. The van der Waals surface area contributed by atoms with Crippen LogP contribution < -0.4 is 5.32 Å². The van der Waals surface area contributed by atoms with Crippen LogP contribution in [0.3, 0.4) is 0 Å². The summed E-state index contributed by atoms with van der Waals surface area (Å²) in [7, 11) is 0. The van der Waals surface area contributed by atoms with Gasteiger partial charge in [0.05, 0.1) is 0 Å². The van der Waals surface area contributed by atoms with Crippen molar-refractivity contribution in [3.05, 3.63) is 0 Å². The Morgan fingerprint density at radius 1 is 1.43 bits per heavy atom. The molecule has 1 saturated carbocycles. The van der Waals surface area contributed by atoms with E-state index in [-0.39, 0.29) is 17.2 Å². The van der Waals surface area contributed by atoms with Crippen LogP contribution in [-0.2, 0) is 4.79 Å². The molecule has 0 aliphatic heterocycles. The lowest BCUT2D eigenvalue weighted by molar-refractivity contribution is -0.127. The van der Waals surface area contributed by atoms with E-state index in [1.807, 2.05) is 6.92 Å². The van der Waals surface area contributed by atoms with E-state index in [0.717, 1.165) is 12.5 Å². The highest BCUT2D eigenvalue weighted by Crippen LogP contribution is 2.27. The van der Waals surface area contributed by atoms with E-state index >= 15 is 0 Å². The maximum Gasteiger partial charge on any atom is 0.223 e. The van der Waals surface area contributed by atoms with Crippen molar-refractivity contribution in [2.24, 2.45) is 17.3 Å². The van der Waals surface area contributed by atoms with E-state index in [2.05, 4.69) is 26.1 Å². The van der Waals surface area contributed by atoms with Crippen molar-refractivity contribution in [2.75, 3.05) is 6.54 Å². The molecule has 1 atom stereocenters. The fraction of sp³-hybridized carbons (Fsp3) is 0.917. The summed E-state index contributed by atoms with van der Waals surface area (Å²) in [5.74, 6) is 1.07. The first-order valence-corrected chi connectivity index (χ1v) is 5.69. The van der Waals surface area contributed by atoms with Gasteiger partial charge in [-0.15, -0.1) is 0 Å². The second kappa shape index (κ2) is 4.33. The highest BCUT2D eigenvalue weighted by atomic mass is 16.1. The molecule has 0 aromatic carbocycles. The molecule has 2 nitrogen and oxygen atoms in total. The van der Waals surface area contributed by atoms with Crippen LogP contribution in [0.5, 0.6) is 0 Å². The van der Waals surface area contributed by atoms with Crippen molar-refractivity contribution < 1.29 is 4.79 Å². The Bertz CT molecular complexity index is 201. The van der Waals surface area contributed by atoms with Crippen molar-refractivity contribution in [1.29, 1.82) is 0 Å². The van der Waals surface area contributed by atoms with Crippen LogP contribution in [0.25, 0.3) is 0 Å². The minimum atomic E-state index is 0.0731. The second-order valence-electron chi connectivity index (χ2n) is 5.63. The zero-order valence-corrected chi connectivity index (χ0v) is 9.89. The van der Waals surface area contributed by atoms with Gasteiger partial charge in [-0.05, 0) is 24.2 Å². The number of hydrogen-bond donors (Lipinski definition) is 1. The number of carbonyl (C=O) groups is 1. The molecular weight excluding hydrogens is 174 g/mol. The summed E-state index contributed by atoms with van der Waals surface area (Å²) >= 11 is 0. The Hall–Kier alpha value is -0.530. The molecule has 1 aliphatic rings. The van der Waals surface area contributed by atoms with Crippen LogP contribution in [0.4, 0.5) is 0 Å². The minimum Gasteiger partial charge on any atom is -0.356 e. The maximum absolute atomic E-state index is 11.7. The molecule has 1 N–H and O–H groups in total. The molecule has 0 heterocycles. The van der Waals surface area contributed by atoms with E-state index in [4.69, 9.17) is 0 Å². The number of hydrogen-bond acceptors (Lipinski definition) is 1. The monoisotopic (exact) mass is 197 g/mol. The zero-order chi connectivity index (χ0) is 10.8. The molecule has 0 aromatic heterocycles. The number of rotatable bonds is 3. The molecule has 0 saturated heterocycles. The molecule has 0 bridgehead atoms. The lowest BCUT2D eigenvalue weighted by Crippen LogP contribution is -2.39. The Labute approximate surface area is 87.5 Å². The lowest BCUT2D eigenvalue weighted by Gasteiger charge is -2.29. The molecule has 1 unspecified atom stereocenters. The topological polar surface area (TPSA) is 29.1 Å². The highest BCUT2D eigenvalue weighted by Gasteiger charge is 2.27. The van der Waals surface area contributed by atoms with Crippen molar-refractivity contribution in [2.45, 2.75) is 47.0 Å². The largest absolute Gasteiger partial charge is 0.356 e. The molecule has 14 heavy (non-hydrogen) atoms. The average Bonchev–Trinajstić information content (AvgIpc) is 1.98. The molecule has 1 rings (SSSR count). The number of carbonyl (C=O) groups excluding carboxylic acids is 1. The molecule has 1 aliphatic carbocycles. The standard InChI is InChI=1S/C12H23NO/c1-9(12(2,3)4)11(14)13-8-10-6-5-7-10/h9-10H,5-8H2,1-4H3,(H,13,14). The Kier molecular flexibility index (Phi) is 3.57. The fourth-order valence-corrected chi connectivity index (χ4v) is 1.49. The summed E-state index contributed by atoms with van der Waals surface area (Å²) in [6.45, 7) is 9.23. The van der Waals surface area contributed by atoms with Crippen LogP contribution >= 0.6 is 0 Å². The van der Waals surface area contributed by atoms with Gasteiger partial charge in [-0.25, -0.2) is 0 Å². The molecule has 0 spiro atoms. The van der Waals surface area contributed by atoms with E-state index in [9.17, 15) is 4.79 Å². The third-order valence-electron chi connectivity index (χ3n) is 3.48. The summed E-state index contributed by atoms with van der Waals surface area (Å²) in [6, 6.07) is 0. The SMILES string of the molecule is CC(C(=O)NCC1CCC1)C(C)(C)C. The van der Waals surface area contributed by atoms with Crippen LogP contribution in [0, 0.1) is 17.3 Å². The molecule has 1 amide bonds. The van der Waals surface area contributed by atoms with Crippen molar-refractivity contribution in [3.63, 3.8) is 0 Å². The molecule has 0 radical (unpaired) electrons. The molecule has 0 aromatic rings. The van der Waals surface area contributed by atoms with Gasteiger partial charge in [-0.2, -0.15) is 0 Å². The predicted molar refractivity (Wildman–Crippen MR) is 59.0 cm³/mol. The van der Waals surface area contributed by atoms with Crippen molar-refractivity contribution in [1.82, 2.24) is 5.32 Å². The molecular formula is C12H23NO. The summed E-state index contributed by atoms with van der Waals surface area (Å²) in [5, 5.41) is 3.05. The first-order valence-electron chi connectivity index (χ1n) is 5.69. The van der Waals surface area contributed by atoms with E-state index < -0.39 is 0 Å². The van der Waals surface area contributed by atoms with E-state index in [1.165, 1.54) is 19.3 Å². The Balaban J connectivity index is 2.26. The van der Waals surface area contributed by atoms with Crippen LogP contribution in [0.15, 0.2) is 0 Å². The van der Waals surface area contributed by atoms with E-state index in [1.54, 1.807) is 0 Å².